The molecule has 0 unspecified atom stereocenters. The van der Waals surface area contributed by atoms with E-state index in [1.165, 1.54) is 12.8 Å². The predicted octanol–water partition coefficient (Wildman–Crippen LogP) is 2.57. The molecule has 6 nitrogen and oxygen atoms in total. The zero-order valence-corrected chi connectivity index (χ0v) is 12.6. The standard InChI is InChI=1S/C16H20N4O2/c21-16(13-7-5-11-22-13)19-10-4-6-12(19)15-18-17-14-8-2-1-3-9-20(14)15/h5,7,11-12H,1-4,6,8-10H2/t12-/m1/s1. The van der Waals surface area contributed by atoms with Crippen LogP contribution in [0.2, 0.25) is 0 Å². The van der Waals surface area contributed by atoms with E-state index < -0.39 is 0 Å². The summed E-state index contributed by atoms with van der Waals surface area (Å²) in [5.41, 5.74) is 0. The highest BCUT2D eigenvalue weighted by molar-refractivity contribution is 5.91. The van der Waals surface area contributed by atoms with Crippen LogP contribution in [0.25, 0.3) is 0 Å². The van der Waals surface area contributed by atoms with Crippen LogP contribution in [0.5, 0.6) is 0 Å². The van der Waals surface area contributed by atoms with Gasteiger partial charge in [-0.2, -0.15) is 0 Å². The van der Waals surface area contributed by atoms with Crippen LogP contribution in [-0.4, -0.2) is 32.1 Å². The van der Waals surface area contributed by atoms with Gasteiger partial charge in [0.15, 0.2) is 11.6 Å². The van der Waals surface area contributed by atoms with E-state index in [0.29, 0.717) is 5.76 Å². The molecule has 2 aromatic heterocycles. The third-order valence-electron chi connectivity index (χ3n) is 4.68. The molecule has 0 aromatic carbocycles. The van der Waals surface area contributed by atoms with Gasteiger partial charge < -0.3 is 13.9 Å². The minimum absolute atomic E-state index is 0.0250. The lowest BCUT2D eigenvalue weighted by atomic mass is 10.2. The van der Waals surface area contributed by atoms with E-state index in [2.05, 4.69) is 14.8 Å². The van der Waals surface area contributed by atoms with E-state index in [-0.39, 0.29) is 11.9 Å². The lowest BCUT2D eigenvalue weighted by molar-refractivity contribution is 0.0694. The highest BCUT2D eigenvalue weighted by Crippen LogP contribution is 2.33. The van der Waals surface area contributed by atoms with E-state index in [9.17, 15) is 4.79 Å². The van der Waals surface area contributed by atoms with Gasteiger partial charge >= 0.3 is 0 Å². The molecule has 2 aliphatic rings. The van der Waals surface area contributed by atoms with E-state index in [1.54, 1.807) is 18.4 Å². The molecule has 0 radical (unpaired) electrons. The molecular weight excluding hydrogens is 280 g/mol. The summed E-state index contributed by atoms with van der Waals surface area (Å²) in [6, 6.07) is 3.50. The molecule has 1 amide bonds. The van der Waals surface area contributed by atoms with E-state index >= 15 is 0 Å². The third kappa shape index (κ3) is 2.23. The van der Waals surface area contributed by atoms with Crippen molar-refractivity contribution >= 4 is 5.91 Å². The minimum Gasteiger partial charge on any atom is -0.459 e. The Morgan fingerprint density at radius 2 is 2.14 bits per heavy atom. The van der Waals surface area contributed by atoms with Crippen molar-refractivity contribution in [2.24, 2.45) is 0 Å². The molecule has 6 heteroatoms. The first-order valence-electron chi connectivity index (χ1n) is 8.11. The molecule has 0 saturated carbocycles. The molecule has 0 spiro atoms. The lowest BCUT2D eigenvalue weighted by Crippen LogP contribution is -2.32. The summed E-state index contributed by atoms with van der Waals surface area (Å²) in [6.45, 7) is 1.73. The number of furan rings is 1. The minimum atomic E-state index is -0.0431. The molecule has 4 rings (SSSR count). The molecule has 1 fully saturated rings. The summed E-state index contributed by atoms with van der Waals surface area (Å²) in [7, 11) is 0. The first-order chi connectivity index (χ1) is 10.8. The molecule has 1 saturated heterocycles. The van der Waals surface area contributed by atoms with E-state index in [4.69, 9.17) is 4.42 Å². The number of rotatable bonds is 2. The largest absolute Gasteiger partial charge is 0.459 e. The summed E-state index contributed by atoms with van der Waals surface area (Å²) in [6.07, 6.45) is 8.06. The Morgan fingerprint density at radius 1 is 1.18 bits per heavy atom. The van der Waals surface area contributed by atoms with E-state index in [0.717, 1.165) is 50.4 Å². The quantitative estimate of drug-likeness (QED) is 0.855. The average molecular weight is 300 g/mol. The van der Waals surface area contributed by atoms with Crippen molar-refractivity contribution in [3.63, 3.8) is 0 Å². The second kappa shape index (κ2) is 5.59. The fraction of sp³-hybridized carbons (Fsp3) is 0.562. The number of aromatic nitrogens is 3. The number of fused-ring (bicyclic) bond motifs is 1. The molecule has 116 valence electrons. The first-order valence-corrected chi connectivity index (χ1v) is 8.11. The van der Waals surface area contributed by atoms with Gasteiger partial charge in [0.2, 0.25) is 0 Å². The van der Waals surface area contributed by atoms with Crippen LogP contribution in [0.4, 0.5) is 0 Å². The Kier molecular flexibility index (Phi) is 3.44. The highest BCUT2D eigenvalue weighted by atomic mass is 16.3. The summed E-state index contributed by atoms with van der Waals surface area (Å²) in [5, 5.41) is 8.79. The molecule has 2 aliphatic heterocycles. The van der Waals surface area contributed by atoms with Crippen LogP contribution in [0, 0.1) is 0 Å². The van der Waals surface area contributed by atoms with Crippen LogP contribution in [0.15, 0.2) is 22.8 Å². The van der Waals surface area contributed by atoms with Crippen molar-refractivity contribution < 1.29 is 9.21 Å². The maximum atomic E-state index is 12.6. The fourth-order valence-electron chi connectivity index (χ4n) is 3.57. The Labute approximate surface area is 129 Å². The summed E-state index contributed by atoms with van der Waals surface area (Å²) < 4.78 is 7.51. The van der Waals surface area contributed by atoms with Gasteiger partial charge in [-0.25, -0.2) is 0 Å². The summed E-state index contributed by atoms with van der Waals surface area (Å²) in [4.78, 5) is 14.5. The smallest absolute Gasteiger partial charge is 0.290 e. The molecule has 0 N–H and O–H groups in total. The van der Waals surface area contributed by atoms with Crippen molar-refractivity contribution in [1.29, 1.82) is 0 Å². The van der Waals surface area contributed by atoms with Crippen molar-refractivity contribution in [3.8, 4) is 0 Å². The van der Waals surface area contributed by atoms with Gasteiger partial charge in [0, 0.05) is 19.5 Å². The van der Waals surface area contributed by atoms with Gasteiger partial charge in [0.25, 0.3) is 5.91 Å². The number of carbonyl (C=O) groups excluding carboxylic acids is 1. The zero-order valence-electron chi connectivity index (χ0n) is 12.6. The molecule has 22 heavy (non-hydrogen) atoms. The van der Waals surface area contributed by atoms with Gasteiger partial charge in [-0.3, -0.25) is 4.79 Å². The number of hydrogen-bond donors (Lipinski definition) is 0. The number of carbonyl (C=O) groups is 1. The Hall–Kier alpha value is -2.11. The van der Waals surface area contributed by atoms with Crippen LogP contribution >= 0.6 is 0 Å². The molecule has 0 bridgehead atoms. The molecule has 4 heterocycles. The Bertz CT molecular complexity index is 662. The molecule has 2 aromatic rings. The monoisotopic (exact) mass is 300 g/mol. The second-order valence-corrected chi connectivity index (χ2v) is 6.07. The zero-order chi connectivity index (χ0) is 14.9. The Morgan fingerprint density at radius 3 is 3.00 bits per heavy atom. The van der Waals surface area contributed by atoms with Crippen LogP contribution in [0.1, 0.15) is 60.3 Å². The van der Waals surface area contributed by atoms with Crippen molar-refractivity contribution in [2.75, 3.05) is 6.54 Å². The predicted molar refractivity (Wildman–Crippen MR) is 79.3 cm³/mol. The van der Waals surface area contributed by atoms with Crippen molar-refractivity contribution in [2.45, 2.75) is 51.1 Å². The summed E-state index contributed by atoms with van der Waals surface area (Å²) >= 11 is 0. The number of likely N-dealkylation sites (tertiary alicyclic amines) is 1. The molecule has 0 aliphatic carbocycles. The van der Waals surface area contributed by atoms with Crippen LogP contribution in [-0.2, 0) is 13.0 Å². The number of nitrogens with zero attached hydrogens (tertiary/aromatic N) is 4. The van der Waals surface area contributed by atoms with E-state index in [1.807, 2.05) is 4.90 Å². The topological polar surface area (TPSA) is 64.2 Å². The molecule has 1 atom stereocenters. The first kappa shape index (κ1) is 13.5. The number of hydrogen-bond acceptors (Lipinski definition) is 4. The third-order valence-corrected chi connectivity index (χ3v) is 4.68. The van der Waals surface area contributed by atoms with Crippen molar-refractivity contribution in [1.82, 2.24) is 19.7 Å². The Balaban J connectivity index is 1.64. The fourth-order valence-corrected chi connectivity index (χ4v) is 3.57. The van der Waals surface area contributed by atoms with Gasteiger partial charge in [-0.05, 0) is 37.8 Å². The second-order valence-electron chi connectivity index (χ2n) is 6.07. The van der Waals surface area contributed by atoms with Gasteiger partial charge in [0.05, 0.1) is 12.3 Å². The number of aryl methyl sites for hydroxylation is 1. The maximum Gasteiger partial charge on any atom is 0.290 e. The van der Waals surface area contributed by atoms with Crippen molar-refractivity contribution in [3.05, 3.63) is 35.8 Å². The SMILES string of the molecule is O=C(c1ccco1)N1CCC[C@@H]1c1nnc2n1CCCCC2. The van der Waals surface area contributed by atoms with Gasteiger partial charge in [-0.15, -0.1) is 10.2 Å². The van der Waals surface area contributed by atoms with Crippen LogP contribution in [0.3, 0.4) is 0 Å². The highest BCUT2D eigenvalue weighted by Gasteiger charge is 2.35. The normalized spacial score (nSPS) is 21.6. The van der Waals surface area contributed by atoms with Gasteiger partial charge in [-0.1, -0.05) is 6.42 Å². The van der Waals surface area contributed by atoms with Gasteiger partial charge in [0.1, 0.15) is 5.82 Å². The lowest BCUT2D eigenvalue weighted by Gasteiger charge is -2.23. The average Bonchev–Trinajstić information content (AvgIpc) is 3.24. The summed E-state index contributed by atoms with van der Waals surface area (Å²) in [5.74, 6) is 2.39. The number of amides is 1. The molecular formula is C16H20N4O2. The van der Waals surface area contributed by atoms with Crippen LogP contribution < -0.4 is 0 Å². The maximum absolute atomic E-state index is 12.6.